The molecular weight excluding hydrogens is 528 g/mol. The van der Waals surface area contributed by atoms with Gasteiger partial charge in [-0.05, 0) is 66.8 Å². The Morgan fingerprint density at radius 2 is 1.60 bits per heavy atom. The lowest BCUT2D eigenvalue weighted by molar-refractivity contribution is -0.141. The van der Waals surface area contributed by atoms with Gasteiger partial charge in [-0.15, -0.1) is 0 Å². The molecule has 2 heterocycles. The molecule has 1 aliphatic rings. The van der Waals surface area contributed by atoms with Crippen LogP contribution in [0.4, 0.5) is 18.9 Å². The van der Waals surface area contributed by atoms with E-state index in [0.717, 1.165) is 15.7 Å². The molecular formula is C22H13Cl2F3N4O3S. The standard InChI is InChI=1S/C22H13Cl2F3N4O3S/c1-30-20(34-14-8-4-12(24)5-9-14)15(17(29-30)22(25,26)27)10-16-18(32)28-21(35)31(19(16)33)13-6-2-11(23)3-7-13/h2-10H,1H3,(H,28,32,35). The van der Waals surface area contributed by atoms with Crippen LogP contribution in [0, 0.1) is 0 Å². The number of thiocarbonyl (C=S) groups is 1. The van der Waals surface area contributed by atoms with E-state index < -0.39 is 34.8 Å². The van der Waals surface area contributed by atoms with Crippen LogP contribution in [-0.2, 0) is 22.8 Å². The summed E-state index contributed by atoms with van der Waals surface area (Å²) in [5, 5.41) is 6.37. The van der Waals surface area contributed by atoms with Crippen LogP contribution in [0.2, 0.25) is 10.0 Å². The highest BCUT2D eigenvalue weighted by atomic mass is 35.5. The van der Waals surface area contributed by atoms with Gasteiger partial charge in [-0.3, -0.25) is 19.8 Å². The first-order valence-corrected chi connectivity index (χ1v) is 10.9. The first-order valence-electron chi connectivity index (χ1n) is 9.70. The fraction of sp³-hybridized carbons (Fsp3) is 0.0909. The summed E-state index contributed by atoms with van der Waals surface area (Å²) in [5.41, 5.74) is -2.30. The molecule has 0 spiro atoms. The van der Waals surface area contributed by atoms with Crippen molar-refractivity contribution in [3.63, 3.8) is 0 Å². The van der Waals surface area contributed by atoms with Gasteiger partial charge in [0.2, 0.25) is 5.88 Å². The third-order valence-corrected chi connectivity index (χ3v) is 5.59. The van der Waals surface area contributed by atoms with E-state index >= 15 is 0 Å². The number of alkyl halides is 3. The molecule has 7 nitrogen and oxygen atoms in total. The van der Waals surface area contributed by atoms with E-state index in [2.05, 4.69) is 10.4 Å². The topological polar surface area (TPSA) is 76.5 Å². The average Bonchev–Trinajstić information content (AvgIpc) is 3.09. The quantitative estimate of drug-likeness (QED) is 0.273. The fourth-order valence-corrected chi connectivity index (χ4v) is 3.76. The average molecular weight is 541 g/mol. The molecule has 0 saturated carbocycles. The predicted molar refractivity (Wildman–Crippen MR) is 127 cm³/mol. The van der Waals surface area contributed by atoms with Crippen molar-refractivity contribution in [3.05, 3.63) is 75.4 Å². The summed E-state index contributed by atoms with van der Waals surface area (Å²) in [7, 11) is 1.24. The number of carbonyl (C=O) groups excluding carboxylic acids is 2. The minimum Gasteiger partial charge on any atom is -0.439 e. The van der Waals surface area contributed by atoms with Crippen molar-refractivity contribution in [2.24, 2.45) is 7.05 Å². The van der Waals surface area contributed by atoms with E-state index in [1.165, 1.54) is 55.6 Å². The van der Waals surface area contributed by atoms with Crippen molar-refractivity contribution in [2.45, 2.75) is 6.18 Å². The molecule has 1 saturated heterocycles. The maximum Gasteiger partial charge on any atom is 0.435 e. The SMILES string of the molecule is Cn1nc(C(F)(F)F)c(C=C2C(=O)NC(=S)N(c3ccc(Cl)cc3)C2=O)c1Oc1ccc(Cl)cc1. The molecule has 0 aliphatic carbocycles. The van der Waals surface area contributed by atoms with Gasteiger partial charge in [0.25, 0.3) is 11.8 Å². The second-order valence-corrected chi connectivity index (χ2v) is 8.44. The van der Waals surface area contributed by atoms with Crippen molar-refractivity contribution in [1.82, 2.24) is 15.1 Å². The van der Waals surface area contributed by atoms with Crippen molar-refractivity contribution in [3.8, 4) is 11.6 Å². The number of nitrogens with zero attached hydrogens (tertiary/aromatic N) is 3. The molecule has 35 heavy (non-hydrogen) atoms. The van der Waals surface area contributed by atoms with Gasteiger partial charge in [-0.2, -0.15) is 18.3 Å². The van der Waals surface area contributed by atoms with Crippen molar-refractivity contribution in [2.75, 3.05) is 4.90 Å². The Kier molecular flexibility index (Phi) is 6.58. The summed E-state index contributed by atoms with van der Waals surface area (Å²) in [6, 6.07) is 11.8. The van der Waals surface area contributed by atoms with Gasteiger partial charge < -0.3 is 4.74 Å². The maximum absolute atomic E-state index is 13.8. The predicted octanol–water partition coefficient (Wildman–Crippen LogP) is 5.37. The largest absolute Gasteiger partial charge is 0.439 e. The molecule has 1 fully saturated rings. The summed E-state index contributed by atoms with van der Waals surface area (Å²) in [5.74, 6) is -2.09. The van der Waals surface area contributed by atoms with Gasteiger partial charge in [0.05, 0.1) is 11.3 Å². The zero-order valence-corrected chi connectivity index (χ0v) is 19.9. The van der Waals surface area contributed by atoms with E-state index in [0.29, 0.717) is 10.0 Å². The Morgan fingerprint density at radius 1 is 1.03 bits per heavy atom. The molecule has 0 atom stereocenters. The molecule has 2 aromatic carbocycles. The summed E-state index contributed by atoms with van der Waals surface area (Å²) >= 11 is 16.8. The number of nitrogens with one attached hydrogen (secondary N) is 1. The Morgan fingerprint density at radius 3 is 2.17 bits per heavy atom. The van der Waals surface area contributed by atoms with Crippen LogP contribution in [0.5, 0.6) is 11.6 Å². The highest BCUT2D eigenvalue weighted by Crippen LogP contribution is 2.39. The molecule has 0 unspecified atom stereocenters. The number of benzene rings is 2. The molecule has 0 bridgehead atoms. The smallest absolute Gasteiger partial charge is 0.435 e. The van der Waals surface area contributed by atoms with Gasteiger partial charge in [0.15, 0.2) is 10.8 Å². The van der Waals surface area contributed by atoms with Crippen LogP contribution in [0.25, 0.3) is 6.08 Å². The van der Waals surface area contributed by atoms with E-state index in [1.54, 1.807) is 0 Å². The molecule has 2 amide bonds. The van der Waals surface area contributed by atoms with Gasteiger partial charge in [0.1, 0.15) is 11.3 Å². The second-order valence-electron chi connectivity index (χ2n) is 7.18. The lowest BCUT2D eigenvalue weighted by Crippen LogP contribution is -2.54. The highest BCUT2D eigenvalue weighted by molar-refractivity contribution is 7.80. The van der Waals surface area contributed by atoms with Crippen LogP contribution in [0.15, 0.2) is 54.1 Å². The number of amides is 2. The van der Waals surface area contributed by atoms with Crippen molar-refractivity contribution in [1.29, 1.82) is 0 Å². The monoisotopic (exact) mass is 540 g/mol. The zero-order valence-electron chi connectivity index (χ0n) is 17.6. The third kappa shape index (κ3) is 5.02. The van der Waals surface area contributed by atoms with E-state index in [-0.39, 0.29) is 22.4 Å². The lowest BCUT2D eigenvalue weighted by atomic mass is 10.1. The van der Waals surface area contributed by atoms with Crippen LogP contribution in [0.3, 0.4) is 0 Å². The molecule has 180 valence electrons. The summed E-state index contributed by atoms with van der Waals surface area (Å²) < 4.78 is 47.9. The molecule has 1 aromatic heterocycles. The molecule has 3 aromatic rings. The van der Waals surface area contributed by atoms with Crippen LogP contribution in [-0.4, -0.2) is 26.7 Å². The van der Waals surface area contributed by atoms with Gasteiger partial charge in [-0.25, -0.2) is 4.68 Å². The number of aryl methyl sites for hydroxylation is 1. The minimum absolute atomic E-state index is 0.161. The Hall–Kier alpha value is -3.41. The first-order chi connectivity index (χ1) is 16.5. The molecule has 0 radical (unpaired) electrons. The zero-order chi connectivity index (χ0) is 25.5. The van der Waals surface area contributed by atoms with Gasteiger partial charge in [-0.1, -0.05) is 23.2 Å². The number of halogens is 5. The Labute approximate surface area is 211 Å². The maximum atomic E-state index is 13.8. The minimum atomic E-state index is -4.91. The molecule has 13 heteroatoms. The number of carbonyl (C=O) groups is 2. The summed E-state index contributed by atoms with van der Waals surface area (Å²) in [6.07, 6.45) is -4.13. The molecule has 1 aliphatic heterocycles. The fourth-order valence-electron chi connectivity index (χ4n) is 3.23. The van der Waals surface area contributed by atoms with E-state index in [9.17, 15) is 22.8 Å². The second kappa shape index (κ2) is 9.33. The summed E-state index contributed by atoms with van der Waals surface area (Å²) in [4.78, 5) is 26.8. The van der Waals surface area contributed by atoms with Crippen LogP contribution in [0.1, 0.15) is 11.3 Å². The summed E-state index contributed by atoms with van der Waals surface area (Å²) in [6.45, 7) is 0. The van der Waals surface area contributed by atoms with Crippen LogP contribution < -0.4 is 15.0 Å². The number of ether oxygens (including phenoxy) is 1. The number of hydrogen-bond donors (Lipinski definition) is 1. The van der Waals surface area contributed by atoms with Crippen molar-refractivity contribution >= 4 is 64.1 Å². The van der Waals surface area contributed by atoms with E-state index in [1.807, 2.05) is 0 Å². The third-order valence-electron chi connectivity index (χ3n) is 4.80. The van der Waals surface area contributed by atoms with E-state index in [4.69, 9.17) is 40.2 Å². The number of aromatic nitrogens is 2. The number of rotatable bonds is 4. The van der Waals surface area contributed by atoms with Gasteiger partial charge >= 0.3 is 6.18 Å². The Balaban J connectivity index is 1.83. The number of anilines is 1. The normalized spacial score (nSPS) is 15.5. The Bertz CT molecular complexity index is 1370. The van der Waals surface area contributed by atoms with Gasteiger partial charge in [0, 0.05) is 17.1 Å². The van der Waals surface area contributed by atoms with Crippen LogP contribution >= 0.6 is 35.4 Å². The highest BCUT2D eigenvalue weighted by Gasteiger charge is 2.41. The number of hydrogen-bond acceptors (Lipinski definition) is 5. The van der Waals surface area contributed by atoms with Crippen molar-refractivity contribution < 1.29 is 27.5 Å². The lowest BCUT2D eigenvalue weighted by Gasteiger charge is -2.29. The first kappa shape index (κ1) is 24.7. The molecule has 4 rings (SSSR count). The molecule has 1 N–H and O–H groups in total.